The van der Waals surface area contributed by atoms with Gasteiger partial charge in [-0.15, -0.1) is 0 Å². The third kappa shape index (κ3) is 5.02. The molecule has 0 aliphatic heterocycles. The van der Waals surface area contributed by atoms with Gasteiger partial charge in [-0.25, -0.2) is 0 Å². The van der Waals surface area contributed by atoms with Gasteiger partial charge in [0.15, 0.2) is 11.5 Å². The maximum absolute atomic E-state index is 12.3. The van der Waals surface area contributed by atoms with Crippen molar-refractivity contribution >= 4 is 12.0 Å². The second-order valence-electron chi connectivity index (χ2n) is 5.69. The number of hydrogen-bond donors (Lipinski definition) is 1. The fourth-order valence-corrected chi connectivity index (χ4v) is 2.60. The molecule has 0 spiro atoms. The van der Waals surface area contributed by atoms with Crippen LogP contribution in [0.4, 0.5) is 0 Å². The van der Waals surface area contributed by atoms with Crippen LogP contribution in [-0.2, 0) is 4.79 Å². The van der Waals surface area contributed by atoms with Crippen molar-refractivity contribution in [3.63, 3.8) is 0 Å². The normalized spacial score (nSPS) is 11.8. The number of nitrogens with one attached hydrogen (secondary N) is 1. The van der Waals surface area contributed by atoms with E-state index in [9.17, 15) is 4.79 Å². The lowest BCUT2D eigenvalue weighted by Gasteiger charge is -2.18. The van der Waals surface area contributed by atoms with Gasteiger partial charge >= 0.3 is 0 Å². The molecule has 0 saturated heterocycles. The molecule has 0 saturated carbocycles. The quantitative estimate of drug-likeness (QED) is 0.728. The molecule has 1 amide bonds. The molecule has 2 aromatic carbocycles. The van der Waals surface area contributed by atoms with E-state index >= 15 is 0 Å². The summed E-state index contributed by atoms with van der Waals surface area (Å²) in [5, 5.41) is 3.02. The van der Waals surface area contributed by atoms with E-state index in [0.717, 1.165) is 23.3 Å². The smallest absolute Gasteiger partial charge is 0.244 e. The largest absolute Gasteiger partial charge is 0.497 e. The third-order valence-electron chi connectivity index (χ3n) is 4.08. The summed E-state index contributed by atoms with van der Waals surface area (Å²) in [6, 6.07) is 13.1. The van der Waals surface area contributed by atoms with E-state index in [-0.39, 0.29) is 11.9 Å². The molecule has 0 aliphatic carbocycles. The highest BCUT2D eigenvalue weighted by molar-refractivity contribution is 5.92. The van der Waals surface area contributed by atoms with E-state index < -0.39 is 0 Å². The molecule has 0 fully saturated rings. The van der Waals surface area contributed by atoms with Gasteiger partial charge in [0.1, 0.15) is 5.75 Å². The summed E-state index contributed by atoms with van der Waals surface area (Å²) in [6.45, 7) is 2.02. The van der Waals surface area contributed by atoms with Crippen LogP contribution in [0.25, 0.3) is 6.08 Å². The van der Waals surface area contributed by atoms with Gasteiger partial charge in [-0.1, -0.05) is 25.1 Å². The van der Waals surface area contributed by atoms with Crippen LogP contribution in [0.3, 0.4) is 0 Å². The van der Waals surface area contributed by atoms with Crippen molar-refractivity contribution in [2.75, 3.05) is 21.3 Å². The first-order chi connectivity index (χ1) is 12.6. The standard InChI is InChI=1S/C21H25NO4/c1-5-18(16-9-12-19(25-3)20(14-16)26-4)22-21(23)13-8-15-6-10-17(24-2)11-7-15/h6-14,18H,5H2,1-4H3,(H,22,23)/b13-8+. The predicted molar refractivity (Wildman–Crippen MR) is 103 cm³/mol. The molecule has 2 aromatic rings. The Morgan fingerprint density at radius 2 is 1.69 bits per heavy atom. The highest BCUT2D eigenvalue weighted by Crippen LogP contribution is 2.30. The van der Waals surface area contributed by atoms with Crippen LogP contribution < -0.4 is 19.5 Å². The maximum Gasteiger partial charge on any atom is 0.244 e. The number of hydrogen-bond acceptors (Lipinski definition) is 4. The Hall–Kier alpha value is -2.95. The van der Waals surface area contributed by atoms with Gasteiger partial charge in [0.2, 0.25) is 5.91 Å². The molecule has 1 unspecified atom stereocenters. The van der Waals surface area contributed by atoms with Gasteiger partial charge < -0.3 is 19.5 Å². The Morgan fingerprint density at radius 1 is 1.00 bits per heavy atom. The van der Waals surface area contributed by atoms with Crippen molar-refractivity contribution in [3.05, 3.63) is 59.7 Å². The molecule has 5 nitrogen and oxygen atoms in total. The van der Waals surface area contributed by atoms with E-state index in [1.54, 1.807) is 27.4 Å². The molecule has 0 bridgehead atoms. The number of carbonyl (C=O) groups is 1. The number of benzene rings is 2. The molecule has 26 heavy (non-hydrogen) atoms. The van der Waals surface area contributed by atoms with Crippen LogP contribution in [0.15, 0.2) is 48.5 Å². The van der Waals surface area contributed by atoms with Gasteiger partial charge in [-0.3, -0.25) is 4.79 Å². The molecular formula is C21H25NO4. The summed E-state index contributed by atoms with van der Waals surface area (Å²) in [6.07, 6.45) is 4.07. The zero-order chi connectivity index (χ0) is 18.9. The van der Waals surface area contributed by atoms with E-state index in [4.69, 9.17) is 14.2 Å². The zero-order valence-electron chi connectivity index (χ0n) is 15.6. The van der Waals surface area contributed by atoms with Crippen molar-refractivity contribution in [1.29, 1.82) is 0 Å². The zero-order valence-corrected chi connectivity index (χ0v) is 15.6. The highest BCUT2D eigenvalue weighted by Gasteiger charge is 2.14. The fraction of sp³-hybridized carbons (Fsp3) is 0.286. The lowest BCUT2D eigenvalue weighted by Crippen LogP contribution is -2.26. The number of methoxy groups -OCH3 is 3. The van der Waals surface area contributed by atoms with Crippen molar-refractivity contribution < 1.29 is 19.0 Å². The first-order valence-corrected chi connectivity index (χ1v) is 8.45. The molecule has 0 aliphatic rings. The van der Waals surface area contributed by atoms with Crippen molar-refractivity contribution in [3.8, 4) is 17.2 Å². The Kier molecular flexibility index (Phi) is 7.09. The minimum absolute atomic E-state index is 0.108. The maximum atomic E-state index is 12.3. The van der Waals surface area contributed by atoms with Gasteiger partial charge in [0, 0.05) is 6.08 Å². The molecule has 0 aromatic heterocycles. The predicted octanol–water partition coefficient (Wildman–Crippen LogP) is 3.99. The first-order valence-electron chi connectivity index (χ1n) is 8.45. The van der Waals surface area contributed by atoms with Gasteiger partial charge in [0.25, 0.3) is 0 Å². The van der Waals surface area contributed by atoms with E-state index in [1.165, 1.54) is 6.08 Å². The van der Waals surface area contributed by atoms with Gasteiger partial charge in [-0.2, -0.15) is 0 Å². The number of ether oxygens (including phenoxy) is 3. The van der Waals surface area contributed by atoms with E-state index in [1.807, 2.05) is 49.4 Å². The molecular weight excluding hydrogens is 330 g/mol. The summed E-state index contributed by atoms with van der Waals surface area (Å²) in [5.41, 5.74) is 1.90. The Morgan fingerprint density at radius 3 is 2.27 bits per heavy atom. The molecule has 5 heteroatoms. The number of carbonyl (C=O) groups excluding carboxylic acids is 1. The van der Waals surface area contributed by atoms with Crippen LogP contribution in [0.2, 0.25) is 0 Å². The summed E-state index contributed by atoms with van der Waals surface area (Å²) >= 11 is 0. The summed E-state index contributed by atoms with van der Waals surface area (Å²) in [7, 11) is 4.82. The summed E-state index contributed by atoms with van der Waals surface area (Å²) < 4.78 is 15.7. The topological polar surface area (TPSA) is 56.8 Å². The second-order valence-corrected chi connectivity index (χ2v) is 5.69. The SMILES string of the molecule is CCC(NC(=O)/C=C/c1ccc(OC)cc1)c1ccc(OC)c(OC)c1. The number of amides is 1. The summed E-state index contributed by atoms with van der Waals surface area (Å²) in [5.74, 6) is 1.94. The number of rotatable bonds is 8. The molecule has 2 rings (SSSR count). The lowest BCUT2D eigenvalue weighted by atomic mass is 10.0. The molecule has 1 atom stereocenters. The van der Waals surface area contributed by atoms with Crippen LogP contribution in [0, 0.1) is 0 Å². The lowest BCUT2D eigenvalue weighted by molar-refractivity contribution is -0.117. The Balaban J connectivity index is 2.06. The summed E-state index contributed by atoms with van der Waals surface area (Å²) in [4.78, 5) is 12.3. The average molecular weight is 355 g/mol. The highest BCUT2D eigenvalue weighted by atomic mass is 16.5. The first kappa shape index (κ1) is 19.4. The second kappa shape index (κ2) is 9.51. The minimum atomic E-state index is -0.151. The van der Waals surface area contributed by atoms with E-state index in [2.05, 4.69) is 5.32 Å². The average Bonchev–Trinajstić information content (AvgIpc) is 2.70. The van der Waals surface area contributed by atoms with Gasteiger partial charge in [0.05, 0.1) is 27.4 Å². The van der Waals surface area contributed by atoms with Gasteiger partial charge in [-0.05, 0) is 47.9 Å². The minimum Gasteiger partial charge on any atom is -0.497 e. The van der Waals surface area contributed by atoms with Crippen LogP contribution >= 0.6 is 0 Å². The van der Waals surface area contributed by atoms with Crippen molar-refractivity contribution in [1.82, 2.24) is 5.32 Å². The molecule has 138 valence electrons. The molecule has 0 radical (unpaired) electrons. The molecule has 1 N–H and O–H groups in total. The fourth-order valence-electron chi connectivity index (χ4n) is 2.60. The van der Waals surface area contributed by atoms with Crippen LogP contribution in [0.5, 0.6) is 17.2 Å². The van der Waals surface area contributed by atoms with E-state index in [0.29, 0.717) is 11.5 Å². The van der Waals surface area contributed by atoms with Crippen LogP contribution in [0.1, 0.15) is 30.5 Å². The third-order valence-corrected chi connectivity index (χ3v) is 4.08. The van der Waals surface area contributed by atoms with Crippen LogP contribution in [-0.4, -0.2) is 27.2 Å². The Labute approximate surface area is 154 Å². The van der Waals surface area contributed by atoms with Crippen molar-refractivity contribution in [2.45, 2.75) is 19.4 Å². The Bertz CT molecular complexity index is 753. The molecule has 0 heterocycles. The monoisotopic (exact) mass is 355 g/mol. The van der Waals surface area contributed by atoms with Crippen molar-refractivity contribution in [2.24, 2.45) is 0 Å².